The molecule has 2 rings (SSSR count). The first-order valence-electron chi connectivity index (χ1n) is 8.02. The van der Waals surface area contributed by atoms with E-state index in [1.807, 2.05) is 55.5 Å². The number of rotatable bonds is 10. The molecular weight excluding hydrogens is 290 g/mol. The maximum Gasteiger partial charge on any atom is 0.142 e. The minimum Gasteiger partial charge on any atom is -0.492 e. The van der Waals surface area contributed by atoms with E-state index in [2.05, 4.69) is 12.2 Å². The second-order valence-electron chi connectivity index (χ2n) is 5.13. The van der Waals surface area contributed by atoms with E-state index in [-0.39, 0.29) is 0 Å². The molecule has 2 aromatic carbocycles. The smallest absolute Gasteiger partial charge is 0.142 e. The third-order valence-electron chi connectivity index (χ3n) is 3.28. The summed E-state index contributed by atoms with van der Waals surface area (Å²) in [5.41, 5.74) is 2.20. The predicted octanol–water partition coefficient (Wildman–Crippen LogP) is 3.90. The summed E-state index contributed by atoms with van der Waals surface area (Å²) in [6.07, 6.45) is 0. The highest BCUT2D eigenvalue weighted by atomic mass is 16.5. The molecule has 0 aliphatic carbocycles. The van der Waals surface area contributed by atoms with Gasteiger partial charge in [0.15, 0.2) is 0 Å². The van der Waals surface area contributed by atoms with Gasteiger partial charge in [-0.25, -0.2) is 0 Å². The molecule has 0 unspecified atom stereocenters. The van der Waals surface area contributed by atoms with Crippen molar-refractivity contribution >= 4 is 5.69 Å². The summed E-state index contributed by atoms with van der Waals surface area (Å²) in [5.74, 6) is 1.72. The third-order valence-corrected chi connectivity index (χ3v) is 3.28. The minimum absolute atomic E-state index is 0.548. The van der Waals surface area contributed by atoms with Gasteiger partial charge in [-0.3, -0.25) is 0 Å². The van der Waals surface area contributed by atoms with Crippen LogP contribution in [-0.4, -0.2) is 33.0 Å². The first-order chi connectivity index (χ1) is 11.3. The highest BCUT2D eigenvalue weighted by molar-refractivity contribution is 5.56. The Labute approximate surface area is 138 Å². The molecule has 23 heavy (non-hydrogen) atoms. The van der Waals surface area contributed by atoms with Crippen LogP contribution < -0.4 is 14.8 Å². The number of ether oxygens (including phenoxy) is 3. The summed E-state index contributed by atoms with van der Waals surface area (Å²) in [7, 11) is 0. The van der Waals surface area contributed by atoms with Gasteiger partial charge in [0.2, 0.25) is 0 Å². The highest BCUT2D eigenvalue weighted by Crippen LogP contribution is 2.23. The van der Waals surface area contributed by atoms with Crippen molar-refractivity contribution in [2.24, 2.45) is 0 Å². The van der Waals surface area contributed by atoms with Gasteiger partial charge in [-0.2, -0.15) is 0 Å². The summed E-state index contributed by atoms with van der Waals surface area (Å²) >= 11 is 0. The van der Waals surface area contributed by atoms with E-state index in [1.54, 1.807) is 0 Å². The number of benzene rings is 2. The van der Waals surface area contributed by atoms with E-state index in [4.69, 9.17) is 14.2 Å². The molecule has 0 aromatic heterocycles. The molecule has 1 N–H and O–H groups in total. The normalized spacial score (nSPS) is 10.3. The summed E-state index contributed by atoms with van der Waals surface area (Å²) in [6.45, 7) is 7.20. The number of hydrogen-bond acceptors (Lipinski definition) is 4. The Morgan fingerprint density at radius 3 is 2.43 bits per heavy atom. The Morgan fingerprint density at radius 1 is 0.870 bits per heavy atom. The lowest BCUT2D eigenvalue weighted by molar-refractivity contribution is 0.110. The molecule has 2 aromatic rings. The fourth-order valence-electron chi connectivity index (χ4n) is 2.08. The molecule has 0 aliphatic rings. The van der Waals surface area contributed by atoms with Crippen LogP contribution in [0, 0.1) is 6.92 Å². The second-order valence-corrected chi connectivity index (χ2v) is 5.13. The molecule has 0 spiro atoms. The topological polar surface area (TPSA) is 39.7 Å². The number of hydrogen-bond donors (Lipinski definition) is 1. The lowest BCUT2D eigenvalue weighted by Crippen LogP contribution is -2.13. The van der Waals surface area contributed by atoms with Crippen molar-refractivity contribution in [2.75, 3.05) is 38.3 Å². The van der Waals surface area contributed by atoms with Crippen LogP contribution in [-0.2, 0) is 4.74 Å². The van der Waals surface area contributed by atoms with Gasteiger partial charge in [0, 0.05) is 13.2 Å². The molecule has 0 amide bonds. The van der Waals surface area contributed by atoms with Crippen LogP contribution >= 0.6 is 0 Å². The Morgan fingerprint density at radius 2 is 1.65 bits per heavy atom. The van der Waals surface area contributed by atoms with Crippen molar-refractivity contribution < 1.29 is 14.2 Å². The van der Waals surface area contributed by atoms with Crippen LogP contribution in [0.1, 0.15) is 12.5 Å². The number of nitrogens with one attached hydrogen (secondary N) is 1. The van der Waals surface area contributed by atoms with E-state index in [9.17, 15) is 0 Å². The molecule has 0 saturated carbocycles. The SMILES string of the molecule is CCOCCOc1ccccc1NCCOc1ccc(C)cc1. The molecule has 4 nitrogen and oxygen atoms in total. The van der Waals surface area contributed by atoms with Gasteiger partial charge in [0.05, 0.1) is 12.3 Å². The summed E-state index contributed by atoms with van der Waals surface area (Å²) in [6, 6.07) is 16.0. The maximum absolute atomic E-state index is 5.74. The van der Waals surface area contributed by atoms with E-state index in [0.29, 0.717) is 33.0 Å². The lowest BCUT2D eigenvalue weighted by atomic mass is 10.2. The number of para-hydroxylation sites is 2. The van der Waals surface area contributed by atoms with Crippen LogP contribution in [0.2, 0.25) is 0 Å². The first kappa shape index (κ1) is 17.2. The van der Waals surface area contributed by atoms with Gasteiger partial charge < -0.3 is 19.5 Å². The molecule has 0 heterocycles. The van der Waals surface area contributed by atoms with Crippen molar-refractivity contribution in [3.8, 4) is 11.5 Å². The molecular formula is C19H25NO3. The van der Waals surface area contributed by atoms with Gasteiger partial charge in [0.25, 0.3) is 0 Å². The van der Waals surface area contributed by atoms with Crippen molar-refractivity contribution in [3.63, 3.8) is 0 Å². The monoisotopic (exact) mass is 315 g/mol. The quantitative estimate of drug-likeness (QED) is 0.675. The Balaban J connectivity index is 1.75. The average Bonchev–Trinajstić information content (AvgIpc) is 2.58. The Kier molecular flexibility index (Phi) is 7.27. The van der Waals surface area contributed by atoms with E-state index in [0.717, 1.165) is 17.2 Å². The van der Waals surface area contributed by atoms with Crippen molar-refractivity contribution in [1.82, 2.24) is 0 Å². The molecule has 0 saturated heterocycles. The summed E-state index contributed by atoms with van der Waals surface area (Å²) in [4.78, 5) is 0. The Hall–Kier alpha value is -2.20. The van der Waals surface area contributed by atoms with Crippen LogP contribution in [0.25, 0.3) is 0 Å². The standard InChI is InChI=1S/C19H25NO3/c1-3-21-14-15-23-19-7-5-4-6-18(19)20-12-13-22-17-10-8-16(2)9-11-17/h4-11,20H,3,12-15H2,1-2H3. The maximum atomic E-state index is 5.74. The zero-order chi connectivity index (χ0) is 16.3. The van der Waals surface area contributed by atoms with Gasteiger partial charge >= 0.3 is 0 Å². The Bertz CT molecular complexity index is 569. The number of anilines is 1. The second kappa shape index (κ2) is 9.74. The van der Waals surface area contributed by atoms with Gasteiger partial charge in [-0.15, -0.1) is 0 Å². The van der Waals surface area contributed by atoms with Gasteiger partial charge in [0.1, 0.15) is 24.7 Å². The zero-order valence-electron chi connectivity index (χ0n) is 13.9. The third kappa shape index (κ3) is 6.20. The predicted molar refractivity (Wildman–Crippen MR) is 93.6 cm³/mol. The number of aryl methyl sites for hydroxylation is 1. The largest absolute Gasteiger partial charge is 0.492 e. The minimum atomic E-state index is 0.548. The van der Waals surface area contributed by atoms with Crippen LogP contribution in [0.15, 0.2) is 48.5 Å². The van der Waals surface area contributed by atoms with Crippen LogP contribution in [0.4, 0.5) is 5.69 Å². The van der Waals surface area contributed by atoms with E-state index >= 15 is 0 Å². The molecule has 0 fully saturated rings. The molecule has 0 atom stereocenters. The van der Waals surface area contributed by atoms with Crippen LogP contribution in [0.5, 0.6) is 11.5 Å². The molecule has 0 bridgehead atoms. The van der Waals surface area contributed by atoms with Gasteiger partial charge in [-0.05, 0) is 38.1 Å². The molecule has 0 radical (unpaired) electrons. The van der Waals surface area contributed by atoms with E-state index in [1.165, 1.54) is 5.56 Å². The fraction of sp³-hybridized carbons (Fsp3) is 0.368. The average molecular weight is 315 g/mol. The van der Waals surface area contributed by atoms with Crippen molar-refractivity contribution in [2.45, 2.75) is 13.8 Å². The van der Waals surface area contributed by atoms with Crippen molar-refractivity contribution in [3.05, 3.63) is 54.1 Å². The first-order valence-corrected chi connectivity index (χ1v) is 8.02. The molecule has 0 aliphatic heterocycles. The summed E-state index contributed by atoms with van der Waals surface area (Å²) < 4.78 is 16.7. The molecule has 124 valence electrons. The molecule has 4 heteroatoms. The summed E-state index contributed by atoms with van der Waals surface area (Å²) in [5, 5.41) is 3.34. The zero-order valence-corrected chi connectivity index (χ0v) is 13.9. The van der Waals surface area contributed by atoms with Crippen LogP contribution in [0.3, 0.4) is 0 Å². The highest BCUT2D eigenvalue weighted by Gasteiger charge is 2.02. The lowest BCUT2D eigenvalue weighted by Gasteiger charge is -2.13. The van der Waals surface area contributed by atoms with Gasteiger partial charge in [-0.1, -0.05) is 29.8 Å². The van der Waals surface area contributed by atoms with E-state index < -0.39 is 0 Å². The fourth-order valence-corrected chi connectivity index (χ4v) is 2.08. The van der Waals surface area contributed by atoms with Crippen molar-refractivity contribution in [1.29, 1.82) is 0 Å².